The van der Waals surface area contributed by atoms with Crippen LogP contribution in [0.2, 0.25) is 0 Å². The number of rotatable bonds is 13. The molecule has 0 aromatic heterocycles. The minimum absolute atomic E-state index is 0.0430. The van der Waals surface area contributed by atoms with Gasteiger partial charge < -0.3 is 35.2 Å². The first-order valence-corrected chi connectivity index (χ1v) is 15.5. The molecule has 17 heteroatoms. The predicted octanol–water partition coefficient (Wildman–Crippen LogP) is 1.21. The van der Waals surface area contributed by atoms with Gasteiger partial charge in [-0.1, -0.05) is 26.0 Å². The Morgan fingerprint density at radius 2 is 1.91 bits per heavy atom. The van der Waals surface area contributed by atoms with Crippen molar-refractivity contribution in [1.29, 1.82) is 0 Å². The molecule has 4 amide bonds. The Hall–Kier alpha value is -3.44. The van der Waals surface area contributed by atoms with Crippen LogP contribution in [-0.2, 0) is 42.0 Å². The normalized spacial score (nSPS) is 21.1. The van der Waals surface area contributed by atoms with E-state index in [1.54, 1.807) is 13.8 Å². The van der Waals surface area contributed by atoms with Crippen molar-refractivity contribution in [3.63, 3.8) is 0 Å². The number of likely N-dealkylation sites (tertiary alicyclic amines) is 1. The third-order valence-corrected chi connectivity index (χ3v) is 8.37. The molecular formula is C27H36F3N4O9S-. The fourth-order valence-corrected chi connectivity index (χ4v) is 5.77. The lowest BCUT2D eigenvalue weighted by molar-refractivity contribution is -0.137. The Kier molecular flexibility index (Phi) is 11.6. The van der Waals surface area contributed by atoms with Crippen LogP contribution in [0.1, 0.15) is 57.1 Å². The van der Waals surface area contributed by atoms with Crippen molar-refractivity contribution in [1.82, 2.24) is 20.9 Å². The summed E-state index contributed by atoms with van der Waals surface area (Å²) in [5.41, 5.74) is -3.17. The van der Waals surface area contributed by atoms with E-state index in [0.29, 0.717) is 13.0 Å². The van der Waals surface area contributed by atoms with Gasteiger partial charge in [-0.2, -0.15) is 13.2 Å². The van der Waals surface area contributed by atoms with Crippen molar-refractivity contribution in [2.24, 2.45) is 11.8 Å². The maximum Gasteiger partial charge on any atom is 0.416 e. The largest absolute Gasteiger partial charge is 0.746 e. The third kappa shape index (κ3) is 9.79. The van der Waals surface area contributed by atoms with Crippen molar-refractivity contribution < 1.29 is 55.2 Å². The van der Waals surface area contributed by atoms with Crippen LogP contribution < -0.4 is 16.0 Å². The minimum atomic E-state index is -5.28. The van der Waals surface area contributed by atoms with E-state index in [-0.39, 0.29) is 56.2 Å². The number of alkyl halides is 3. The van der Waals surface area contributed by atoms with E-state index in [1.165, 1.54) is 17.0 Å². The van der Waals surface area contributed by atoms with E-state index in [4.69, 9.17) is 4.74 Å². The molecule has 13 nitrogen and oxygen atoms in total. The number of nitrogens with one attached hydrogen (secondary N) is 3. The Morgan fingerprint density at radius 1 is 1.20 bits per heavy atom. The molecule has 5 atom stereocenters. The van der Waals surface area contributed by atoms with Crippen LogP contribution in [0, 0.1) is 11.8 Å². The number of aliphatic hydroxyl groups is 1. The summed E-state index contributed by atoms with van der Waals surface area (Å²) < 4.78 is 79.2. The molecule has 1 aromatic rings. The lowest BCUT2D eigenvalue weighted by Crippen LogP contribution is -2.55. The number of hydrogen-bond acceptors (Lipinski definition) is 9. The zero-order chi connectivity index (χ0) is 32.8. The number of carbonyl (C=O) groups is 4. The molecule has 44 heavy (non-hydrogen) atoms. The van der Waals surface area contributed by atoms with E-state index in [1.807, 2.05) is 0 Å². The molecule has 2 aliphatic heterocycles. The topological polar surface area (TPSA) is 194 Å². The smallest absolute Gasteiger partial charge is 0.416 e. The molecule has 4 N–H and O–H groups in total. The number of aliphatic hydroxyl groups excluding tert-OH is 1. The first-order valence-electron chi connectivity index (χ1n) is 14.1. The first kappa shape index (κ1) is 35.0. The van der Waals surface area contributed by atoms with Gasteiger partial charge in [0.15, 0.2) is 5.44 Å². The lowest BCUT2D eigenvalue weighted by Gasteiger charge is -2.30. The number of carbonyl (C=O) groups excluding carboxylic acids is 4. The summed E-state index contributed by atoms with van der Waals surface area (Å²) in [7, 11) is -5.28. The Labute approximate surface area is 252 Å². The Morgan fingerprint density at radius 3 is 2.50 bits per heavy atom. The average molecular weight is 650 g/mol. The van der Waals surface area contributed by atoms with Gasteiger partial charge in [0.05, 0.1) is 17.6 Å². The summed E-state index contributed by atoms with van der Waals surface area (Å²) in [5.74, 6) is -2.61. The maximum absolute atomic E-state index is 13.1. The van der Waals surface area contributed by atoms with E-state index in [0.717, 1.165) is 12.1 Å². The van der Waals surface area contributed by atoms with Gasteiger partial charge in [0.2, 0.25) is 17.7 Å². The van der Waals surface area contributed by atoms with E-state index >= 15 is 0 Å². The molecule has 0 bridgehead atoms. The summed E-state index contributed by atoms with van der Waals surface area (Å²) in [6, 6.07) is 0.957. The van der Waals surface area contributed by atoms with E-state index in [9.17, 15) is 50.4 Å². The predicted molar refractivity (Wildman–Crippen MR) is 146 cm³/mol. The van der Waals surface area contributed by atoms with Crippen molar-refractivity contribution in [3.8, 4) is 0 Å². The number of hydrogen-bond donors (Lipinski definition) is 4. The van der Waals surface area contributed by atoms with Crippen molar-refractivity contribution in [2.75, 3.05) is 13.2 Å². The van der Waals surface area contributed by atoms with Crippen LogP contribution in [0.3, 0.4) is 0 Å². The number of halogens is 3. The number of benzene rings is 1. The molecule has 3 rings (SSSR count). The van der Waals surface area contributed by atoms with E-state index in [2.05, 4.69) is 16.0 Å². The monoisotopic (exact) mass is 649 g/mol. The zero-order valence-electron chi connectivity index (χ0n) is 24.1. The van der Waals surface area contributed by atoms with Crippen molar-refractivity contribution in [3.05, 3.63) is 35.4 Å². The highest BCUT2D eigenvalue weighted by atomic mass is 32.2. The second kappa shape index (κ2) is 14.6. The number of alkyl carbamates (subject to hydrolysis) is 1. The molecule has 1 aromatic carbocycles. The van der Waals surface area contributed by atoms with Crippen LogP contribution >= 0.6 is 0 Å². The molecule has 2 fully saturated rings. The van der Waals surface area contributed by atoms with Gasteiger partial charge in [0.1, 0.15) is 22.8 Å². The summed E-state index contributed by atoms with van der Waals surface area (Å²) in [4.78, 5) is 51.6. The van der Waals surface area contributed by atoms with Gasteiger partial charge in [-0.05, 0) is 49.3 Å². The van der Waals surface area contributed by atoms with E-state index < -0.39 is 69.2 Å². The third-order valence-electron chi connectivity index (χ3n) is 7.45. The minimum Gasteiger partial charge on any atom is -0.746 e. The highest BCUT2D eigenvalue weighted by Crippen LogP contribution is 2.30. The summed E-state index contributed by atoms with van der Waals surface area (Å²) in [6.07, 6.45) is -5.25. The number of amides is 4. The highest BCUT2D eigenvalue weighted by Gasteiger charge is 2.37. The number of nitrogens with zero attached hydrogens (tertiary/aromatic N) is 1. The maximum atomic E-state index is 13.1. The molecule has 2 aliphatic rings. The SMILES string of the molecule is CC(C)C[C@H](NC(=O)OC[C@@H]1CCC(=O)N1Cc1cccc(C(F)(F)F)c1)C(=O)N[C@@H](C[C@@H]1CCNC1=O)C(O)S(=O)(=O)[O-]. The molecule has 0 saturated carbocycles. The van der Waals surface area contributed by atoms with Crippen LogP contribution in [-0.4, -0.2) is 83.5 Å². The van der Waals surface area contributed by atoms with Gasteiger partial charge in [-0.3, -0.25) is 14.4 Å². The molecule has 0 spiro atoms. The Balaban J connectivity index is 1.64. The highest BCUT2D eigenvalue weighted by molar-refractivity contribution is 7.86. The van der Waals surface area contributed by atoms with Crippen LogP contribution in [0.15, 0.2) is 24.3 Å². The van der Waals surface area contributed by atoms with Gasteiger partial charge in [0.25, 0.3) is 0 Å². The van der Waals surface area contributed by atoms with Gasteiger partial charge in [-0.15, -0.1) is 0 Å². The second-order valence-corrected chi connectivity index (χ2v) is 12.8. The van der Waals surface area contributed by atoms with Gasteiger partial charge in [-0.25, -0.2) is 13.2 Å². The summed E-state index contributed by atoms with van der Waals surface area (Å²) in [6.45, 7) is 3.32. The standard InChI is InChI=1S/C27H37F3N4O9S/c1-15(2)10-20(24(37)32-21(25(38)44(40,41)42)12-17-8-9-31-23(17)36)33-26(39)43-14-19-6-7-22(35)34(19)13-16-4-3-5-18(11-16)27(28,29)30/h3-5,11,15,17,19-21,25,38H,6-10,12-14H2,1-2H3,(H,31,36)(H,32,37)(H,33,39)(H,40,41,42)/p-1/t17-,19-,20-,21-,25?/m0/s1. The van der Waals surface area contributed by atoms with Gasteiger partial charge in [0, 0.05) is 25.4 Å². The molecule has 2 heterocycles. The quantitative estimate of drug-likeness (QED) is 0.227. The van der Waals surface area contributed by atoms with Crippen LogP contribution in [0.25, 0.3) is 0 Å². The second-order valence-electron chi connectivity index (χ2n) is 11.3. The lowest BCUT2D eigenvalue weighted by atomic mass is 9.97. The fourth-order valence-electron chi connectivity index (χ4n) is 5.19. The molecule has 0 aliphatic carbocycles. The summed E-state index contributed by atoms with van der Waals surface area (Å²) >= 11 is 0. The average Bonchev–Trinajstić information content (AvgIpc) is 3.49. The fraction of sp³-hybridized carbons (Fsp3) is 0.630. The van der Waals surface area contributed by atoms with Crippen LogP contribution in [0.5, 0.6) is 0 Å². The zero-order valence-corrected chi connectivity index (χ0v) is 24.9. The Bertz CT molecular complexity index is 1330. The van der Waals surface area contributed by atoms with Crippen molar-refractivity contribution in [2.45, 2.75) is 82.2 Å². The van der Waals surface area contributed by atoms with Crippen molar-refractivity contribution >= 4 is 33.9 Å². The first-order chi connectivity index (χ1) is 20.5. The molecular weight excluding hydrogens is 613 g/mol. The van der Waals surface area contributed by atoms with Crippen LogP contribution in [0.4, 0.5) is 18.0 Å². The molecule has 1 unspecified atom stereocenters. The molecule has 246 valence electrons. The number of ether oxygens (including phenoxy) is 1. The summed E-state index contributed by atoms with van der Waals surface area (Å²) in [5, 5.41) is 17.3. The van der Waals surface area contributed by atoms with Gasteiger partial charge >= 0.3 is 12.3 Å². The molecule has 0 radical (unpaired) electrons. The molecule has 2 saturated heterocycles.